The fourth-order valence-electron chi connectivity index (χ4n) is 1.62. The van der Waals surface area contributed by atoms with Crippen molar-refractivity contribution in [3.63, 3.8) is 0 Å². The first-order chi connectivity index (χ1) is 8.72. The minimum Gasteiger partial charge on any atom is -0.440 e. The molecule has 18 heavy (non-hydrogen) atoms. The predicted molar refractivity (Wildman–Crippen MR) is 75.8 cm³/mol. The normalized spacial score (nSPS) is 12.4. The number of nitrogens with zero attached hydrogens (tertiary/aromatic N) is 1. The molecule has 0 aliphatic carbocycles. The highest BCUT2D eigenvalue weighted by atomic mass is 35.5. The van der Waals surface area contributed by atoms with Gasteiger partial charge in [0.15, 0.2) is 11.5 Å². The summed E-state index contributed by atoms with van der Waals surface area (Å²) in [6, 6.07) is 5.44. The van der Waals surface area contributed by atoms with Crippen molar-refractivity contribution in [2.45, 2.75) is 13.3 Å². The van der Waals surface area contributed by atoms with Crippen molar-refractivity contribution in [2.24, 2.45) is 0 Å². The van der Waals surface area contributed by atoms with Crippen LogP contribution in [0, 0.1) is 0 Å². The molecular weight excluding hydrogens is 246 g/mol. The molecule has 2 rings (SSSR count). The van der Waals surface area contributed by atoms with E-state index in [-0.39, 0.29) is 0 Å². The third-order valence-electron chi connectivity index (χ3n) is 2.52. The zero-order valence-corrected chi connectivity index (χ0v) is 10.9. The standard InChI is InChI=1S/C15H14ClNO/c1-3-5-6-11(4-2)9-15-17-13-8-7-12(16)10-14(13)18-15/h3-8,10H,2,9H2,1H3/b5-3-,11-6+. The molecule has 0 bridgehead atoms. The predicted octanol–water partition coefficient (Wildman–Crippen LogP) is 4.71. The first-order valence-electron chi connectivity index (χ1n) is 5.72. The Morgan fingerprint density at radius 3 is 3.06 bits per heavy atom. The van der Waals surface area contributed by atoms with Crippen LogP contribution in [-0.2, 0) is 6.42 Å². The fraction of sp³-hybridized carbons (Fsp3) is 0.133. The molecule has 0 spiro atoms. The first-order valence-corrected chi connectivity index (χ1v) is 6.10. The molecule has 0 unspecified atom stereocenters. The SMILES string of the molecule is C=C/C(=C\C=C/C)Cc1nc2ccc(Cl)cc2o1. The van der Waals surface area contributed by atoms with Crippen molar-refractivity contribution < 1.29 is 4.42 Å². The van der Waals surface area contributed by atoms with Crippen molar-refractivity contribution >= 4 is 22.7 Å². The summed E-state index contributed by atoms with van der Waals surface area (Å²) in [5, 5.41) is 0.651. The lowest BCUT2D eigenvalue weighted by atomic mass is 10.1. The van der Waals surface area contributed by atoms with Gasteiger partial charge in [-0.3, -0.25) is 0 Å². The van der Waals surface area contributed by atoms with Gasteiger partial charge >= 0.3 is 0 Å². The molecule has 0 aliphatic rings. The molecule has 0 amide bonds. The molecule has 1 heterocycles. The maximum Gasteiger partial charge on any atom is 0.199 e. The van der Waals surface area contributed by atoms with Gasteiger partial charge in [0.1, 0.15) is 5.52 Å². The first kappa shape index (κ1) is 12.7. The number of hydrogen-bond donors (Lipinski definition) is 0. The summed E-state index contributed by atoms with van der Waals surface area (Å²) in [6.45, 7) is 5.76. The van der Waals surface area contributed by atoms with Gasteiger partial charge in [0.25, 0.3) is 0 Å². The molecule has 0 saturated heterocycles. The Kier molecular flexibility index (Phi) is 4.00. The van der Waals surface area contributed by atoms with Crippen LogP contribution in [0.15, 0.2) is 59.1 Å². The molecule has 2 nitrogen and oxygen atoms in total. The topological polar surface area (TPSA) is 26.0 Å². The van der Waals surface area contributed by atoms with Gasteiger partial charge < -0.3 is 4.42 Å². The highest BCUT2D eigenvalue weighted by molar-refractivity contribution is 6.31. The molecule has 0 radical (unpaired) electrons. The Balaban J connectivity index is 2.28. The quantitative estimate of drug-likeness (QED) is 0.743. The molecule has 0 fully saturated rings. The van der Waals surface area contributed by atoms with Gasteiger partial charge in [0.2, 0.25) is 0 Å². The summed E-state index contributed by atoms with van der Waals surface area (Å²) in [4.78, 5) is 4.41. The largest absolute Gasteiger partial charge is 0.440 e. The van der Waals surface area contributed by atoms with Crippen molar-refractivity contribution in [3.8, 4) is 0 Å². The molecule has 1 aromatic heterocycles. The van der Waals surface area contributed by atoms with E-state index in [9.17, 15) is 0 Å². The van der Waals surface area contributed by atoms with E-state index < -0.39 is 0 Å². The Morgan fingerprint density at radius 2 is 2.33 bits per heavy atom. The lowest BCUT2D eigenvalue weighted by Gasteiger charge is -1.95. The summed E-state index contributed by atoms with van der Waals surface area (Å²) < 4.78 is 5.65. The summed E-state index contributed by atoms with van der Waals surface area (Å²) >= 11 is 5.91. The fourth-order valence-corrected chi connectivity index (χ4v) is 1.78. The molecule has 1 aromatic carbocycles. The Labute approximate surface area is 111 Å². The minimum atomic E-state index is 0.625. The Morgan fingerprint density at radius 1 is 1.50 bits per heavy atom. The molecule has 0 atom stereocenters. The Bertz CT molecular complexity index is 622. The summed E-state index contributed by atoms with van der Waals surface area (Å²) in [7, 11) is 0. The second-order valence-corrected chi connectivity index (χ2v) is 4.30. The van der Waals surface area contributed by atoms with Crippen LogP contribution in [0.4, 0.5) is 0 Å². The number of allylic oxidation sites excluding steroid dienone is 5. The van der Waals surface area contributed by atoms with E-state index in [1.54, 1.807) is 12.1 Å². The third-order valence-corrected chi connectivity index (χ3v) is 2.75. The van der Waals surface area contributed by atoms with E-state index in [4.69, 9.17) is 16.0 Å². The molecular formula is C15H14ClNO. The van der Waals surface area contributed by atoms with Crippen molar-refractivity contribution in [2.75, 3.05) is 0 Å². The average Bonchev–Trinajstić information content (AvgIpc) is 2.75. The van der Waals surface area contributed by atoms with E-state index in [1.165, 1.54) is 0 Å². The van der Waals surface area contributed by atoms with Gasteiger partial charge in [-0.25, -0.2) is 4.98 Å². The number of hydrogen-bond acceptors (Lipinski definition) is 2. The highest BCUT2D eigenvalue weighted by Crippen LogP contribution is 2.21. The molecule has 0 N–H and O–H groups in total. The van der Waals surface area contributed by atoms with Crippen molar-refractivity contribution in [1.29, 1.82) is 0 Å². The van der Waals surface area contributed by atoms with E-state index in [1.807, 2.05) is 37.3 Å². The van der Waals surface area contributed by atoms with Gasteiger partial charge in [0.05, 0.1) is 0 Å². The van der Waals surface area contributed by atoms with E-state index in [0.29, 0.717) is 22.9 Å². The number of oxazole rings is 1. The van der Waals surface area contributed by atoms with Crippen molar-refractivity contribution in [3.05, 3.63) is 65.6 Å². The summed E-state index contributed by atoms with van der Waals surface area (Å²) in [6.07, 6.45) is 8.36. The molecule has 2 aromatic rings. The van der Waals surface area contributed by atoms with Gasteiger partial charge in [-0.05, 0) is 24.6 Å². The number of benzene rings is 1. The minimum absolute atomic E-state index is 0.625. The second-order valence-electron chi connectivity index (χ2n) is 3.87. The average molecular weight is 260 g/mol. The molecule has 3 heteroatoms. The monoisotopic (exact) mass is 259 g/mol. The maximum atomic E-state index is 5.91. The van der Waals surface area contributed by atoms with Crippen LogP contribution in [0.25, 0.3) is 11.1 Å². The van der Waals surface area contributed by atoms with Gasteiger partial charge in [-0.15, -0.1) is 0 Å². The molecule has 0 aliphatic heterocycles. The van der Waals surface area contributed by atoms with Crippen LogP contribution in [0.3, 0.4) is 0 Å². The zero-order valence-electron chi connectivity index (χ0n) is 10.2. The van der Waals surface area contributed by atoms with Crippen molar-refractivity contribution in [1.82, 2.24) is 4.98 Å². The maximum absolute atomic E-state index is 5.91. The third kappa shape index (κ3) is 2.90. The Hall–Kier alpha value is -1.80. The lowest BCUT2D eigenvalue weighted by Crippen LogP contribution is -1.87. The molecule has 0 saturated carbocycles. The number of rotatable bonds is 4. The zero-order chi connectivity index (χ0) is 13.0. The number of fused-ring (bicyclic) bond motifs is 1. The number of halogens is 1. The van der Waals surface area contributed by atoms with Crippen LogP contribution in [0.5, 0.6) is 0 Å². The van der Waals surface area contributed by atoms with Gasteiger partial charge in [-0.1, -0.05) is 42.5 Å². The lowest BCUT2D eigenvalue weighted by molar-refractivity contribution is 0.544. The van der Waals surface area contributed by atoms with Crippen LogP contribution < -0.4 is 0 Å². The summed E-state index contributed by atoms with van der Waals surface area (Å²) in [5.41, 5.74) is 2.60. The van der Waals surface area contributed by atoms with Crippen LogP contribution in [-0.4, -0.2) is 4.98 Å². The van der Waals surface area contributed by atoms with E-state index in [2.05, 4.69) is 11.6 Å². The van der Waals surface area contributed by atoms with Crippen LogP contribution >= 0.6 is 11.6 Å². The van der Waals surface area contributed by atoms with Gasteiger partial charge in [0, 0.05) is 17.5 Å². The highest BCUT2D eigenvalue weighted by Gasteiger charge is 2.06. The van der Waals surface area contributed by atoms with E-state index in [0.717, 1.165) is 11.1 Å². The van der Waals surface area contributed by atoms with Crippen LogP contribution in [0.2, 0.25) is 5.02 Å². The summed E-state index contributed by atoms with van der Waals surface area (Å²) in [5.74, 6) is 0.669. The smallest absolute Gasteiger partial charge is 0.199 e. The van der Waals surface area contributed by atoms with Crippen LogP contribution in [0.1, 0.15) is 12.8 Å². The van der Waals surface area contributed by atoms with Gasteiger partial charge in [-0.2, -0.15) is 0 Å². The molecule has 92 valence electrons. The second kappa shape index (κ2) is 5.69. The number of aromatic nitrogens is 1. The van der Waals surface area contributed by atoms with E-state index >= 15 is 0 Å².